The Bertz CT molecular complexity index is 1600. The second-order valence-electron chi connectivity index (χ2n) is 11.9. The summed E-state index contributed by atoms with van der Waals surface area (Å²) < 4.78 is 25.4. The van der Waals surface area contributed by atoms with Crippen LogP contribution in [0.15, 0.2) is 72.8 Å². The number of rotatable bonds is 8. The van der Waals surface area contributed by atoms with Crippen LogP contribution < -0.4 is 25.6 Å². The van der Waals surface area contributed by atoms with E-state index >= 15 is 0 Å². The summed E-state index contributed by atoms with van der Waals surface area (Å²) >= 11 is 0. The molecule has 228 valence electrons. The summed E-state index contributed by atoms with van der Waals surface area (Å²) in [5, 5.41) is 8.54. The van der Waals surface area contributed by atoms with Crippen molar-refractivity contribution in [2.45, 2.75) is 58.2 Å². The molecular weight excluding hydrogens is 566 g/mol. The molecule has 1 aliphatic heterocycles. The average Bonchev–Trinajstić information content (AvgIpc) is 3.01. The van der Waals surface area contributed by atoms with E-state index in [1.807, 2.05) is 76.2 Å². The zero-order valence-electron chi connectivity index (χ0n) is 25.1. The molecule has 3 aromatic carbocycles. The molecule has 10 nitrogen and oxygen atoms in total. The van der Waals surface area contributed by atoms with Crippen LogP contribution in [0.1, 0.15) is 55.4 Å². The summed E-state index contributed by atoms with van der Waals surface area (Å²) in [7, 11) is -3.39. The molecule has 11 heteroatoms. The third-order valence-electron chi connectivity index (χ3n) is 6.93. The molecule has 0 aliphatic carbocycles. The number of sulfonamides is 1. The number of nitrogens with zero attached hydrogens (tertiary/aromatic N) is 1. The van der Waals surface area contributed by atoms with Crippen molar-refractivity contribution in [3.8, 4) is 0 Å². The molecule has 0 bridgehead atoms. The molecule has 1 heterocycles. The van der Waals surface area contributed by atoms with Gasteiger partial charge in [0.2, 0.25) is 21.8 Å². The molecule has 0 saturated carbocycles. The van der Waals surface area contributed by atoms with Gasteiger partial charge in [-0.25, -0.2) is 17.9 Å². The highest BCUT2D eigenvalue weighted by molar-refractivity contribution is 7.88. The van der Waals surface area contributed by atoms with Crippen molar-refractivity contribution in [3.05, 3.63) is 95.1 Å². The standard InChI is InChI=1S/C32H39N5O5S/c1-21-14-15-25-26(23-11-7-6-8-12-23)18-27(30(39)37(28(25)16-21)20-29(38)36-32(2,3)4)35-31(40)34-24-13-9-10-22(17-24)19-33-43(5,41)42/h6-17,26-27,33H,18-20H2,1-5H3,(H,36,38)(H2,34,35,40). The fourth-order valence-electron chi connectivity index (χ4n) is 5.14. The Morgan fingerprint density at radius 2 is 1.70 bits per heavy atom. The van der Waals surface area contributed by atoms with Gasteiger partial charge in [0, 0.05) is 29.4 Å². The number of benzene rings is 3. The lowest BCUT2D eigenvalue weighted by Gasteiger charge is -2.28. The number of nitrogens with one attached hydrogen (secondary N) is 4. The summed E-state index contributed by atoms with van der Waals surface area (Å²) in [6, 6.07) is 20.9. The summed E-state index contributed by atoms with van der Waals surface area (Å²) in [5.41, 5.74) is 4.06. The molecule has 4 rings (SSSR count). The second-order valence-corrected chi connectivity index (χ2v) is 13.8. The van der Waals surface area contributed by atoms with Gasteiger partial charge in [-0.05, 0) is 74.6 Å². The maximum atomic E-state index is 14.2. The molecule has 4 N–H and O–H groups in total. The van der Waals surface area contributed by atoms with E-state index in [9.17, 15) is 22.8 Å². The molecule has 0 aromatic heterocycles. The Morgan fingerprint density at radius 1 is 0.977 bits per heavy atom. The van der Waals surface area contributed by atoms with Gasteiger partial charge in [0.1, 0.15) is 12.6 Å². The van der Waals surface area contributed by atoms with E-state index < -0.39 is 33.5 Å². The van der Waals surface area contributed by atoms with Gasteiger partial charge in [0.05, 0.1) is 6.26 Å². The molecule has 0 fully saturated rings. The third-order valence-corrected chi connectivity index (χ3v) is 7.60. The fourth-order valence-corrected chi connectivity index (χ4v) is 5.57. The van der Waals surface area contributed by atoms with Crippen LogP contribution in [0.2, 0.25) is 0 Å². The first-order valence-corrected chi connectivity index (χ1v) is 16.0. The van der Waals surface area contributed by atoms with Crippen molar-refractivity contribution in [1.82, 2.24) is 15.4 Å². The Labute approximate surface area is 253 Å². The number of amides is 4. The van der Waals surface area contributed by atoms with E-state index in [1.54, 1.807) is 24.3 Å². The maximum Gasteiger partial charge on any atom is 0.319 e. The van der Waals surface area contributed by atoms with Crippen LogP contribution in [0.25, 0.3) is 0 Å². The van der Waals surface area contributed by atoms with E-state index in [0.29, 0.717) is 16.9 Å². The first kappa shape index (κ1) is 31.7. The summed E-state index contributed by atoms with van der Waals surface area (Å²) in [5.74, 6) is -0.933. The van der Waals surface area contributed by atoms with Gasteiger partial charge in [-0.1, -0.05) is 54.6 Å². The topological polar surface area (TPSA) is 137 Å². The highest BCUT2D eigenvalue weighted by Gasteiger charge is 2.37. The SMILES string of the molecule is Cc1ccc2c(c1)N(CC(=O)NC(C)(C)C)C(=O)C(NC(=O)Nc1cccc(CNS(C)(=O)=O)c1)CC2c1ccccc1. The van der Waals surface area contributed by atoms with Crippen LogP contribution in [-0.4, -0.2) is 50.6 Å². The molecule has 0 radical (unpaired) electrons. The number of hydrogen-bond acceptors (Lipinski definition) is 5. The number of carbonyl (C=O) groups excluding carboxylic acids is 3. The minimum atomic E-state index is -3.39. The van der Waals surface area contributed by atoms with Crippen molar-refractivity contribution in [3.63, 3.8) is 0 Å². The van der Waals surface area contributed by atoms with Gasteiger partial charge >= 0.3 is 6.03 Å². The molecule has 2 atom stereocenters. The Hall–Kier alpha value is -4.22. The second kappa shape index (κ2) is 13.0. The number of hydrogen-bond donors (Lipinski definition) is 4. The van der Waals surface area contributed by atoms with Crippen LogP contribution in [-0.2, 0) is 26.2 Å². The van der Waals surface area contributed by atoms with E-state index in [2.05, 4.69) is 20.7 Å². The van der Waals surface area contributed by atoms with Crippen LogP contribution >= 0.6 is 0 Å². The summed E-state index contributed by atoms with van der Waals surface area (Å²) in [6.07, 6.45) is 1.35. The molecule has 3 aromatic rings. The van der Waals surface area contributed by atoms with Crippen molar-refractivity contribution in [2.24, 2.45) is 0 Å². The summed E-state index contributed by atoms with van der Waals surface area (Å²) in [6.45, 7) is 7.42. The minimum absolute atomic E-state index is 0.0686. The highest BCUT2D eigenvalue weighted by Crippen LogP contribution is 2.39. The van der Waals surface area contributed by atoms with E-state index in [-0.39, 0.29) is 31.3 Å². The van der Waals surface area contributed by atoms with Gasteiger partial charge in [-0.2, -0.15) is 0 Å². The molecule has 0 spiro atoms. The van der Waals surface area contributed by atoms with Gasteiger partial charge < -0.3 is 20.9 Å². The largest absolute Gasteiger partial charge is 0.350 e. The number of carbonyl (C=O) groups is 3. The third kappa shape index (κ3) is 8.89. The van der Waals surface area contributed by atoms with E-state index in [0.717, 1.165) is 22.9 Å². The average molecular weight is 606 g/mol. The van der Waals surface area contributed by atoms with Gasteiger partial charge in [-0.15, -0.1) is 0 Å². The lowest BCUT2D eigenvalue weighted by Crippen LogP contribution is -2.53. The van der Waals surface area contributed by atoms with Crippen molar-refractivity contribution >= 4 is 39.2 Å². The van der Waals surface area contributed by atoms with Gasteiger partial charge in [0.25, 0.3) is 0 Å². The van der Waals surface area contributed by atoms with Crippen LogP contribution in [0.4, 0.5) is 16.2 Å². The van der Waals surface area contributed by atoms with Crippen molar-refractivity contribution in [2.75, 3.05) is 23.0 Å². The smallest absolute Gasteiger partial charge is 0.319 e. The minimum Gasteiger partial charge on any atom is -0.350 e. The predicted octanol–water partition coefficient (Wildman–Crippen LogP) is 4.02. The molecular formula is C32H39N5O5S. The lowest BCUT2D eigenvalue weighted by molar-refractivity contribution is -0.125. The van der Waals surface area contributed by atoms with Crippen LogP contribution in [0.5, 0.6) is 0 Å². The van der Waals surface area contributed by atoms with Gasteiger partial charge in [-0.3, -0.25) is 9.59 Å². The Balaban J connectivity index is 1.65. The Morgan fingerprint density at radius 3 is 2.37 bits per heavy atom. The van der Waals surface area contributed by atoms with Crippen molar-refractivity contribution < 1.29 is 22.8 Å². The first-order chi connectivity index (χ1) is 20.2. The zero-order valence-corrected chi connectivity index (χ0v) is 25.9. The van der Waals surface area contributed by atoms with E-state index in [1.165, 1.54) is 4.90 Å². The molecule has 1 aliphatic rings. The maximum absolute atomic E-state index is 14.2. The van der Waals surface area contributed by atoms with Crippen molar-refractivity contribution in [1.29, 1.82) is 0 Å². The predicted molar refractivity (Wildman–Crippen MR) is 168 cm³/mol. The van der Waals surface area contributed by atoms with Crippen LogP contribution in [0.3, 0.4) is 0 Å². The normalized spacial score (nSPS) is 17.0. The first-order valence-electron chi connectivity index (χ1n) is 14.1. The highest BCUT2D eigenvalue weighted by atomic mass is 32.2. The monoisotopic (exact) mass is 605 g/mol. The quantitative estimate of drug-likeness (QED) is 0.308. The van der Waals surface area contributed by atoms with E-state index in [4.69, 9.17) is 0 Å². The van der Waals surface area contributed by atoms with Crippen LogP contribution in [0, 0.1) is 6.92 Å². The zero-order chi connectivity index (χ0) is 31.4. The number of fused-ring (bicyclic) bond motifs is 1. The molecule has 4 amide bonds. The fraction of sp³-hybridized carbons (Fsp3) is 0.344. The number of aryl methyl sites for hydroxylation is 1. The number of anilines is 2. The molecule has 2 unspecified atom stereocenters. The Kier molecular flexibility index (Phi) is 9.56. The number of urea groups is 1. The summed E-state index contributed by atoms with van der Waals surface area (Å²) in [4.78, 5) is 42.0. The van der Waals surface area contributed by atoms with Gasteiger partial charge in [0.15, 0.2) is 0 Å². The molecule has 43 heavy (non-hydrogen) atoms. The lowest BCUT2D eigenvalue weighted by atomic mass is 9.85. The molecule has 0 saturated heterocycles.